The van der Waals surface area contributed by atoms with E-state index in [9.17, 15) is 0 Å². The van der Waals surface area contributed by atoms with Crippen LogP contribution in [0.5, 0.6) is 0 Å². The van der Waals surface area contributed by atoms with E-state index in [1.807, 2.05) is 12.1 Å². The third-order valence-electron chi connectivity index (χ3n) is 1.74. The average molecular weight is 165 g/mol. The second-order valence-corrected chi connectivity index (χ2v) is 2.87. The van der Waals surface area contributed by atoms with Crippen molar-refractivity contribution in [3.63, 3.8) is 0 Å². The predicted molar refractivity (Wildman–Crippen MR) is 51.1 cm³/mol. The van der Waals surface area contributed by atoms with Gasteiger partial charge in [0, 0.05) is 5.69 Å². The molecule has 66 valence electrons. The third-order valence-corrected chi connectivity index (χ3v) is 1.74. The van der Waals surface area contributed by atoms with Crippen LogP contribution >= 0.6 is 0 Å². The van der Waals surface area contributed by atoms with E-state index in [-0.39, 0.29) is 0 Å². The van der Waals surface area contributed by atoms with Crippen molar-refractivity contribution in [3.05, 3.63) is 29.8 Å². The molecule has 2 nitrogen and oxygen atoms in total. The molecule has 1 unspecified atom stereocenters. The molecule has 0 fully saturated rings. The van der Waals surface area contributed by atoms with Crippen molar-refractivity contribution in [2.45, 2.75) is 26.5 Å². The zero-order chi connectivity index (χ0) is 8.97. The van der Waals surface area contributed by atoms with Crippen LogP contribution in [0.3, 0.4) is 0 Å². The van der Waals surface area contributed by atoms with E-state index in [2.05, 4.69) is 24.4 Å². The molecule has 0 radical (unpaired) electrons. The lowest BCUT2D eigenvalue weighted by atomic mass is 10.1. The highest BCUT2D eigenvalue weighted by Gasteiger charge is 1.94. The summed E-state index contributed by atoms with van der Waals surface area (Å²) in [5.41, 5.74) is 2.27. The summed E-state index contributed by atoms with van der Waals surface area (Å²) >= 11 is 0. The maximum Gasteiger partial charge on any atom is 0.121 e. The Bertz CT molecular complexity index is 228. The number of anilines is 1. The maximum absolute atomic E-state index is 9.02. The predicted octanol–water partition coefficient (Wildman–Crippen LogP) is 2.00. The third kappa shape index (κ3) is 2.55. The number of aryl methyl sites for hydroxylation is 1. The van der Waals surface area contributed by atoms with E-state index in [1.165, 1.54) is 5.56 Å². The molecule has 0 aliphatic carbocycles. The highest BCUT2D eigenvalue weighted by Crippen LogP contribution is 2.10. The minimum absolute atomic E-state index is 0.488. The molecular formula is C10H15NO. The molecule has 0 aromatic heterocycles. The highest BCUT2D eigenvalue weighted by atomic mass is 16.3. The van der Waals surface area contributed by atoms with Gasteiger partial charge >= 0.3 is 0 Å². The summed E-state index contributed by atoms with van der Waals surface area (Å²) in [6, 6.07) is 8.08. The van der Waals surface area contributed by atoms with Gasteiger partial charge in [0.25, 0.3) is 0 Å². The zero-order valence-corrected chi connectivity index (χ0v) is 7.54. The lowest BCUT2D eigenvalue weighted by Crippen LogP contribution is -2.12. The van der Waals surface area contributed by atoms with Crippen LogP contribution in [0.4, 0.5) is 5.69 Å². The van der Waals surface area contributed by atoms with E-state index < -0.39 is 6.23 Å². The second kappa shape index (κ2) is 4.12. The SMILES string of the molecule is CCc1ccc(NC(C)O)cc1. The summed E-state index contributed by atoms with van der Waals surface area (Å²) in [5.74, 6) is 0. The Hall–Kier alpha value is -1.02. The standard InChI is InChI=1S/C10H15NO/c1-3-9-4-6-10(7-5-9)11-8(2)12/h4-8,11-12H,3H2,1-2H3. The van der Waals surface area contributed by atoms with Gasteiger partial charge in [-0.3, -0.25) is 0 Å². The van der Waals surface area contributed by atoms with Crippen LogP contribution < -0.4 is 5.32 Å². The van der Waals surface area contributed by atoms with Crippen LogP contribution in [0.1, 0.15) is 19.4 Å². The first kappa shape index (κ1) is 9.07. The van der Waals surface area contributed by atoms with Crippen molar-refractivity contribution < 1.29 is 5.11 Å². The molecule has 1 aromatic rings. The molecule has 0 spiro atoms. The number of rotatable bonds is 3. The van der Waals surface area contributed by atoms with Gasteiger partial charge in [0.15, 0.2) is 0 Å². The normalized spacial score (nSPS) is 12.6. The van der Waals surface area contributed by atoms with Gasteiger partial charge in [-0.1, -0.05) is 19.1 Å². The molecule has 1 atom stereocenters. The van der Waals surface area contributed by atoms with Gasteiger partial charge in [0.2, 0.25) is 0 Å². The van der Waals surface area contributed by atoms with Gasteiger partial charge in [-0.2, -0.15) is 0 Å². The monoisotopic (exact) mass is 165 g/mol. The molecule has 2 heteroatoms. The Morgan fingerprint density at radius 1 is 1.33 bits per heavy atom. The maximum atomic E-state index is 9.02. The van der Waals surface area contributed by atoms with Gasteiger partial charge in [-0.15, -0.1) is 0 Å². The Morgan fingerprint density at radius 3 is 2.33 bits per heavy atom. The van der Waals surface area contributed by atoms with Crippen molar-refractivity contribution in [2.75, 3.05) is 5.32 Å². The number of hydrogen-bond donors (Lipinski definition) is 2. The van der Waals surface area contributed by atoms with E-state index in [0.717, 1.165) is 12.1 Å². The Kier molecular flexibility index (Phi) is 3.11. The summed E-state index contributed by atoms with van der Waals surface area (Å²) in [6.45, 7) is 3.82. The lowest BCUT2D eigenvalue weighted by Gasteiger charge is -2.08. The van der Waals surface area contributed by atoms with Crippen molar-refractivity contribution in [2.24, 2.45) is 0 Å². The lowest BCUT2D eigenvalue weighted by molar-refractivity contribution is 0.224. The summed E-state index contributed by atoms with van der Waals surface area (Å²) in [5, 5.41) is 11.9. The molecule has 0 heterocycles. The van der Waals surface area contributed by atoms with Crippen molar-refractivity contribution >= 4 is 5.69 Å². The largest absolute Gasteiger partial charge is 0.374 e. The second-order valence-electron chi connectivity index (χ2n) is 2.87. The molecule has 1 aromatic carbocycles. The van der Waals surface area contributed by atoms with Gasteiger partial charge in [0.1, 0.15) is 6.23 Å². The van der Waals surface area contributed by atoms with E-state index in [0.29, 0.717) is 0 Å². The average Bonchev–Trinajstić information content (AvgIpc) is 2.05. The van der Waals surface area contributed by atoms with Crippen LogP contribution in [0.2, 0.25) is 0 Å². The fraction of sp³-hybridized carbons (Fsp3) is 0.400. The fourth-order valence-electron chi connectivity index (χ4n) is 1.08. The van der Waals surface area contributed by atoms with Crippen molar-refractivity contribution in [1.29, 1.82) is 0 Å². The first-order chi connectivity index (χ1) is 5.72. The van der Waals surface area contributed by atoms with Crippen LogP contribution in [-0.2, 0) is 6.42 Å². The summed E-state index contributed by atoms with van der Waals surface area (Å²) in [6.07, 6.45) is 0.562. The number of hydrogen-bond acceptors (Lipinski definition) is 2. The summed E-state index contributed by atoms with van der Waals surface area (Å²) in [4.78, 5) is 0. The van der Waals surface area contributed by atoms with E-state index >= 15 is 0 Å². The molecule has 0 aliphatic heterocycles. The first-order valence-electron chi connectivity index (χ1n) is 4.26. The van der Waals surface area contributed by atoms with E-state index in [1.54, 1.807) is 6.92 Å². The van der Waals surface area contributed by atoms with Crippen LogP contribution in [0.15, 0.2) is 24.3 Å². The number of aliphatic hydroxyl groups is 1. The molecule has 12 heavy (non-hydrogen) atoms. The number of benzene rings is 1. The molecule has 0 saturated heterocycles. The zero-order valence-electron chi connectivity index (χ0n) is 7.54. The van der Waals surface area contributed by atoms with Crippen molar-refractivity contribution in [1.82, 2.24) is 0 Å². The van der Waals surface area contributed by atoms with Gasteiger partial charge in [0.05, 0.1) is 0 Å². The van der Waals surface area contributed by atoms with Crippen LogP contribution in [-0.4, -0.2) is 11.3 Å². The molecule has 0 saturated carbocycles. The molecule has 0 aliphatic rings. The molecular weight excluding hydrogens is 150 g/mol. The summed E-state index contributed by atoms with van der Waals surface area (Å²) < 4.78 is 0. The minimum Gasteiger partial charge on any atom is -0.374 e. The van der Waals surface area contributed by atoms with Crippen molar-refractivity contribution in [3.8, 4) is 0 Å². The minimum atomic E-state index is -0.488. The van der Waals surface area contributed by atoms with Gasteiger partial charge in [-0.05, 0) is 31.0 Å². The van der Waals surface area contributed by atoms with Crippen LogP contribution in [0, 0.1) is 0 Å². The quantitative estimate of drug-likeness (QED) is 0.671. The topological polar surface area (TPSA) is 32.3 Å². The Morgan fingerprint density at radius 2 is 1.92 bits per heavy atom. The Balaban J connectivity index is 2.65. The highest BCUT2D eigenvalue weighted by molar-refractivity contribution is 5.44. The van der Waals surface area contributed by atoms with Crippen LogP contribution in [0.25, 0.3) is 0 Å². The van der Waals surface area contributed by atoms with E-state index in [4.69, 9.17) is 5.11 Å². The summed E-state index contributed by atoms with van der Waals surface area (Å²) in [7, 11) is 0. The molecule has 0 amide bonds. The fourth-order valence-corrected chi connectivity index (χ4v) is 1.08. The van der Waals surface area contributed by atoms with Gasteiger partial charge < -0.3 is 10.4 Å². The number of nitrogens with one attached hydrogen (secondary N) is 1. The van der Waals surface area contributed by atoms with Gasteiger partial charge in [-0.25, -0.2) is 0 Å². The molecule has 2 N–H and O–H groups in total. The molecule has 0 bridgehead atoms. The molecule has 1 rings (SSSR count). The smallest absolute Gasteiger partial charge is 0.121 e. The number of aliphatic hydroxyl groups excluding tert-OH is 1. The first-order valence-corrected chi connectivity index (χ1v) is 4.26. The Labute approximate surface area is 73.2 Å².